The molecule has 0 spiro atoms. The van der Waals surface area contributed by atoms with Crippen molar-refractivity contribution in [3.05, 3.63) is 0 Å². The highest BCUT2D eigenvalue weighted by Crippen LogP contribution is 2.24. The van der Waals surface area contributed by atoms with Gasteiger partial charge in [0, 0.05) is 25.0 Å². The predicted octanol–water partition coefficient (Wildman–Crippen LogP) is 1.42. The average molecular weight is 303 g/mol. The minimum Gasteiger partial charge on any atom is -0.341 e. The van der Waals surface area contributed by atoms with Gasteiger partial charge < -0.3 is 4.90 Å². The summed E-state index contributed by atoms with van der Waals surface area (Å²) in [6.45, 7) is 7.07. The van der Waals surface area contributed by atoms with E-state index in [1.807, 2.05) is 0 Å². The molecule has 3 fully saturated rings. The Balaban J connectivity index is 1.50. The highest BCUT2D eigenvalue weighted by molar-refractivity contribution is 5.79. The van der Waals surface area contributed by atoms with Crippen molar-refractivity contribution in [1.29, 1.82) is 0 Å². The number of likely N-dealkylation sites (tertiary alicyclic amines) is 3. The lowest BCUT2D eigenvalue weighted by Crippen LogP contribution is -2.51. The Morgan fingerprint density at radius 3 is 2.41 bits per heavy atom. The zero-order chi connectivity index (χ0) is 15.4. The van der Waals surface area contributed by atoms with Crippen LogP contribution in [0, 0.1) is 18.3 Å². The first-order chi connectivity index (χ1) is 10.8. The van der Waals surface area contributed by atoms with Gasteiger partial charge in [-0.15, -0.1) is 6.42 Å². The number of carbonyl (C=O) groups is 1. The van der Waals surface area contributed by atoms with Gasteiger partial charge in [-0.25, -0.2) is 0 Å². The molecule has 0 bridgehead atoms. The maximum Gasteiger partial charge on any atom is 0.225 e. The van der Waals surface area contributed by atoms with Crippen LogP contribution in [0.4, 0.5) is 0 Å². The standard InChI is InChI=1S/C18H29N3O/c1-2-9-19-13-7-16(8-14-19)18(22)21-12-5-6-17(15-21)20-10-3-4-11-20/h1,16-17H,3-15H2. The highest BCUT2D eigenvalue weighted by atomic mass is 16.2. The van der Waals surface area contributed by atoms with Crippen molar-refractivity contribution in [3.8, 4) is 12.3 Å². The smallest absolute Gasteiger partial charge is 0.225 e. The van der Waals surface area contributed by atoms with Gasteiger partial charge in [-0.1, -0.05) is 5.92 Å². The van der Waals surface area contributed by atoms with E-state index in [2.05, 4.69) is 20.6 Å². The van der Waals surface area contributed by atoms with Gasteiger partial charge in [0.05, 0.1) is 6.54 Å². The Labute approximate surface area is 134 Å². The van der Waals surface area contributed by atoms with Gasteiger partial charge in [-0.3, -0.25) is 14.6 Å². The van der Waals surface area contributed by atoms with E-state index in [-0.39, 0.29) is 5.92 Å². The fourth-order valence-corrected chi connectivity index (χ4v) is 4.29. The highest BCUT2D eigenvalue weighted by Gasteiger charge is 2.33. The summed E-state index contributed by atoms with van der Waals surface area (Å²) in [6, 6.07) is 0.613. The van der Waals surface area contributed by atoms with Crippen LogP contribution < -0.4 is 0 Å². The molecule has 1 atom stereocenters. The van der Waals surface area contributed by atoms with Crippen molar-refractivity contribution in [2.24, 2.45) is 5.92 Å². The molecule has 1 amide bonds. The van der Waals surface area contributed by atoms with Crippen molar-refractivity contribution < 1.29 is 4.79 Å². The third-order valence-electron chi connectivity index (χ3n) is 5.62. The number of hydrogen-bond acceptors (Lipinski definition) is 3. The lowest BCUT2D eigenvalue weighted by molar-refractivity contribution is -0.139. The summed E-state index contributed by atoms with van der Waals surface area (Å²) in [7, 11) is 0. The van der Waals surface area contributed by atoms with E-state index in [1.54, 1.807) is 0 Å². The number of rotatable bonds is 3. The summed E-state index contributed by atoms with van der Waals surface area (Å²) in [5, 5.41) is 0. The lowest BCUT2D eigenvalue weighted by Gasteiger charge is -2.40. The van der Waals surface area contributed by atoms with Crippen molar-refractivity contribution in [3.63, 3.8) is 0 Å². The molecule has 3 saturated heterocycles. The van der Waals surface area contributed by atoms with Gasteiger partial charge in [0.15, 0.2) is 0 Å². The van der Waals surface area contributed by atoms with Crippen LogP contribution in [-0.2, 0) is 4.79 Å². The topological polar surface area (TPSA) is 26.8 Å². The number of carbonyl (C=O) groups excluding carboxylic acids is 1. The Hall–Kier alpha value is -1.05. The van der Waals surface area contributed by atoms with Gasteiger partial charge in [0.1, 0.15) is 0 Å². The van der Waals surface area contributed by atoms with Gasteiger partial charge in [-0.05, 0) is 64.7 Å². The largest absolute Gasteiger partial charge is 0.341 e. The van der Waals surface area contributed by atoms with Crippen LogP contribution in [-0.4, -0.2) is 72.5 Å². The van der Waals surface area contributed by atoms with Gasteiger partial charge >= 0.3 is 0 Å². The van der Waals surface area contributed by atoms with Crippen LogP contribution in [0.2, 0.25) is 0 Å². The Bertz CT molecular complexity index is 417. The first-order valence-corrected chi connectivity index (χ1v) is 8.96. The van der Waals surface area contributed by atoms with Crippen LogP contribution in [0.25, 0.3) is 0 Å². The molecule has 4 heteroatoms. The van der Waals surface area contributed by atoms with Crippen LogP contribution in [0.3, 0.4) is 0 Å². The Morgan fingerprint density at radius 2 is 1.73 bits per heavy atom. The van der Waals surface area contributed by atoms with E-state index in [0.29, 0.717) is 11.9 Å². The number of hydrogen-bond donors (Lipinski definition) is 0. The van der Waals surface area contributed by atoms with E-state index < -0.39 is 0 Å². The summed E-state index contributed by atoms with van der Waals surface area (Å²) in [4.78, 5) is 19.9. The van der Waals surface area contributed by atoms with Crippen molar-refractivity contribution in [2.45, 2.75) is 44.6 Å². The molecule has 3 rings (SSSR count). The second kappa shape index (κ2) is 7.48. The molecule has 3 heterocycles. The summed E-state index contributed by atoms with van der Waals surface area (Å²) < 4.78 is 0. The van der Waals surface area contributed by atoms with Crippen LogP contribution >= 0.6 is 0 Å². The summed E-state index contributed by atoms with van der Waals surface area (Å²) in [6.07, 6.45) is 12.4. The molecule has 3 aliphatic rings. The number of terminal acetylenes is 1. The Kier molecular flexibility index (Phi) is 5.38. The molecule has 3 aliphatic heterocycles. The molecular weight excluding hydrogens is 274 g/mol. The van der Waals surface area contributed by atoms with Crippen molar-refractivity contribution >= 4 is 5.91 Å². The second-order valence-corrected chi connectivity index (χ2v) is 7.08. The van der Waals surface area contributed by atoms with Crippen LogP contribution in [0.5, 0.6) is 0 Å². The summed E-state index contributed by atoms with van der Waals surface area (Å²) in [5.41, 5.74) is 0. The molecule has 0 saturated carbocycles. The van der Waals surface area contributed by atoms with Crippen LogP contribution in [0.1, 0.15) is 38.5 Å². The van der Waals surface area contributed by atoms with Crippen molar-refractivity contribution in [2.75, 3.05) is 45.8 Å². The third-order valence-corrected chi connectivity index (χ3v) is 5.62. The first kappa shape index (κ1) is 15.8. The number of amides is 1. The molecule has 0 aromatic carbocycles. The van der Waals surface area contributed by atoms with Gasteiger partial charge in [0.2, 0.25) is 5.91 Å². The zero-order valence-electron chi connectivity index (χ0n) is 13.7. The monoisotopic (exact) mass is 303 g/mol. The molecule has 0 aromatic heterocycles. The van der Waals surface area contributed by atoms with E-state index in [4.69, 9.17) is 6.42 Å². The normalized spacial score (nSPS) is 28.7. The fraction of sp³-hybridized carbons (Fsp3) is 0.833. The Morgan fingerprint density at radius 1 is 1.00 bits per heavy atom. The zero-order valence-corrected chi connectivity index (χ0v) is 13.7. The first-order valence-electron chi connectivity index (χ1n) is 8.96. The molecule has 0 aromatic rings. The second-order valence-electron chi connectivity index (χ2n) is 7.08. The molecule has 0 radical (unpaired) electrons. The van der Waals surface area contributed by atoms with Gasteiger partial charge in [0.25, 0.3) is 0 Å². The SMILES string of the molecule is C#CCN1CCC(C(=O)N2CCCC(N3CCCC3)C2)CC1. The quantitative estimate of drug-likeness (QED) is 0.738. The van der Waals surface area contributed by atoms with E-state index >= 15 is 0 Å². The molecule has 1 unspecified atom stereocenters. The fourth-order valence-electron chi connectivity index (χ4n) is 4.29. The summed E-state index contributed by atoms with van der Waals surface area (Å²) >= 11 is 0. The maximum atomic E-state index is 12.8. The van der Waals surface area contributed by atoms with Crippen LogP contribution in [0.15, 0.2) is 0 Å². The molecule has 4 nitrogen and oxygen atoms in total. The molecule has 0 aliphatic carbocycles. The minimum absolute atomic E-state index is 0.228. The number of piperidine rings is 2. The van der Waals surface area contributed by atoms with E-state index in [0.717, 1.165) is 45.6 Å². The molecular formula is C18H29N3O. The van der Waals surface area contributed by atoms with Gasteiger partial charge in [-0.2, -0.15) is 0 Å². The van der Waals surface area contributed by atoms with Crippen molar-refractivity contribution in [1.82, 2.24) is 14.7 Å². The predicted molar refractivity (Wildman–Crippen MR) is 88.4 cm³/mol. The summed E-state index contributed by atoms with van der Waals surface area (Å²) in [5.74, 6) is 3.34. The lowest BCUT2D eigenvalue weighted by atomic mass is 9.93. The van der Waals surface area contributed by atoms with E-state index in [1.165, 1.54) is 38.8 Å². The average Bonchev–Trinajstić information content (AvgIpc) is 3.10. The molecule has 122 valence electrons. The van der Waals surface area contributed by atoms with E-state index in [9.17, 15) is 4.79 Å². The third kappa shape index (κ3) is 3.64. The molecule has 0 N–H and O–H groups in total. The maximum absolute atomic E-state index is 12.8. The number of nitrogens with zero attached hydrogens (tertiary/aromatic N) is 3. The molecule has 22 heavy (non-hydrogen) atoms. The minimum atomic E-state index is 0.228.